The number of carbonyl (C=O) groups excluding carboxylic acids is 5. The van der Waals surface area contributed by atoms with Crippen molar-refractivity contribution in [2.45, 2.75) is 78.0 Å². The maximum Gasteiger partial charge on any atom is 0.262 e. The van der Waals surface area contributed by atoms with Gasteiger partial charge in [0, 0.05) is 79.0 Å². The number of nitriles is 1. The predicted molar refractivity (Wildman–Crippen MR) is 220 cm³/mol. The van der Waals surface area contributed by atoms with Crippen molar-refractivity contribution in [1.82, 2.24) is 20.4 Å². The number of fused-ring (bicyclic) bond motifs is 1. The van der Waals surface area contributed by atoms with E-state index in [9.17, 15) is 29.2 Å². The molecule has 58 heavy (non-hydrogen) atoms. The number of carbonyl (C=O) groups is 5. The van der Waals surface area contributed by atoms with Crippen LogP contribution in [0.5, 0.6) is 5.75 Å². The first-order valence-corrected chi connectivity index (χ1v) is 20.4. The fraction of sp³-hybridized carbons (Fsp3) is 0.455. The summed E-state index contributed by atoms with van der Waals surface area (Å²) in [7, 11) is 0. The SMILES string of the molecule is CC1(C)[C@H](NC(=O)c2ccc(N3CCN(CCCCCNc4ccc5c(c4)C(=O)N(C4CCC(=O)NC4=O)C5=O)CC3)cc2)C(C)(C)[C@H]1Oc1ccc(C#N)c(Cl)c1. The fourth-order valence-corrected chi connectivity index (χ4v) is 9.53. The van der Waals surface area contributed by atoms with Crippen molar-refractivity contribution in [2.75, 3.05) is 49.5 Å². The molecule has 2 saturated heterocycles. The molecule has 14 heteroatoms. The molecule has 304 valence electrons. The Balaban J connectivity index is 0.807. The summed E-state index contributed by atoms with van der Waals surface area (Å²) in [6.07, 6.45) is 3.09. The Morgan fingerprint density at radius 3 is 2.28 bits per heavy atom. The van der Waals surface area contributed by atoms with Crippen molar-refractivity contribution in [3.05, 3.63) is 87.9 Å². The molecule has 7 rings (SSSR count). The third-order valence-corrected chi connectivity index (χ3v) is 12.5. The molecule has 3 N–H and O–H groups in total. The van der Waals surface area contributed by atoms with Crippen LogP contribution in [0.25, 0.3) is 0 Å². The van der Waals surface area contributed by atoms with Crippen molar-refractivity contribution in [3.63, 3.8) is 0 Å². The molecule has 1 saturated carbocycles. The second-order valence-electron chi connectivity index (χ2n) is 16.9. The predicted octanol–water partition coefficient (Wildman–Crippen LogP) is 5.63. The summed E-state index contributed by atoms with van der Waals surface area (Å²) in [6, 6.07) is 19.0. The number of unbranched alkanes of at least 4 members (excludes halogenated alkanes) is 2. The molecule has 3 aliphatic heterocycles. The number of nitrogens with zero attached hydrogens (tertiary/aromatic N) is 4. The molecule has 3 aromatic rings. The highest BCUT2D eigenvalue weighted by Gasteiger charge is 2.64. The van der Waals surface area contributed by atoms with Crippen LogP contribution in [-0.4, -0.2) is 96.8 Å². The first-order chi connectivity index (χ1) is 27.7. The van der Waals surface area contributed by atoms with Crippen LogP contribution < -0.4 is 25.6 Å². The first-order valence-electron chi connectivity index (χ1n) is 20.0. The summed E-state index contributed by atoms with van der Waals surface area (Å²) in [5.74, 6) is -1.55. The molecule has 1 aliphatic carbocycles. The number of ether oxygens (including phenoxy) is 1. The number of piperidine rings is 1. The van der Waals surface area contributed by atoms with E-state index in [1.165, 1.54) is 0 Å². The van der Waals surface area contributed by atoms with Crippen LogP contribution in [-0.2, 0) is 9.59 Å². The Kier molecular flexibility index (Phi) is 11.5. The quantitative estimate of drug-likeness (QED) is 0.146. The molecule has 0 aromatic heterocycles. The van der Waals surface area contributed by atoms with E-state index < -0.39 is 29.7 Å². The molecule has 0 radical (unpaired) electrons. The van der Waals surface area contributed by atoms with E-state index in [4.69, 9.17) is 16.3 Å². The highest BCUT2D eigenvalue weighted by molar-refractivity contribution is 6.31. The normalized spacial score (nSPS) is 22.4. The van der Waals surface area contributed by atoms with Crippen LogP contribution in [0, 0.1) is 22.2 Å². The molecule has 3 aromatic carbocycles. The van der Waals surface area contributed by atoms with Gasteiger partial charge in [0.1, 0.15) is 24.0 Å². The van der Waals surface area contributed by atoms with Gasteiger partial charge in [-0.15, -0.1) is 0 Å². The number of anilines is 2. The second-order valence-corrected chi connectivity index (χ2v) is 17.3. The first kappa shape index (κ1) is 40.7. The molecule has 13 nitrogen and oxygen atoms in total. The lowest BCUT2D eigenvalue weighted by Crippen LogP contribution is -2.74. The van der Waals surface area contributed by atoms with Gasteiger partial charge < -0.3 is 20.3 Å². The van der Waals surface area contributed by atoms with E-state index in [1.54, 1.807) is 36.4 Å². The van der Waals surface area contributed by atoms with Crippen molar-refractivity contribution >= 4 is 52.5 Å². The molecule has 0 spiro atoms. The number of piperazine rings is 1. The Morgan fingerprint density at radius 1 is 0.897 bits per heavy atom. The second kappa shape index (κ2) is 16.4. The average Bonchev–Trinajstić information content (AvgIpc) is 3.45. The largest absolute Gasteiger partial charge is 0.489 e. The summed E-state index contributed by atoms with van der Waals surface area (Å²) in [4.78, 5) is 69.2. The van der Waals surface area contributed by atoms with Gasteiger partial charge in [0.2, 0.25) is 11.8 Å². The standard InChI is InChI=1S/C44H50ClN7O6/c1-43(2)41(44(3,4)42(43)58-31-14-10-28(26-46)34(45)25-31)49-37(54)27-8-12-30(13-9-27)51-22-20-50(21-23-51)19-7-5-6-18-47-29-11-15-32-33(24-29)40(57)52(39(32)56)35-16-17-36(53)48-38(35)55/h8-15,24-25,35,41-42,47H,5-7,16-23H2,1-4H3,(H,49,54)(H,48,53,55)/t35?,41-,42-. The summed E-state index contributed by atoms with van der Waals surface area (Å²) in [5, 5.41) is 18.4. The monoisotopic (exact) mass is 807 g/mol. The minimum atomic E-state index is -0.976. The highest BCUT2D eigenvalue weighted by atomic mass is 35.5. The Morgan fingerprint density at radius 2 is 1.60 bits per heavy atom. The van der Waals surface area contributed by atoms with Crippen molar-refractivity contribution in [1.29, 1.82) is 5.26 Å². The average molecular weight is 808 g/mol. The molecular formula is C44H50ClN7O6. The minimum absolute atomic E-state index is 0.0871. The van der Waals surface area contributed by atoms with Crippen LogP contribution in [0.4, 0.5) is 11.4 Å². The van der Waals surface area contributed by atoms with Gasteiger partial charge in [-0.25, -0.2) is 0 Å². The fourth-order valence-electron chi connectivity index (χ4n) is 9.31. The molecule has 1 unspecified atom stereocenters. The van der Waals surface area contributed by atoms with Crippen LogP contribution in [0.3, 0.4) is 0 Å². The van der Waals surface area contributed by atoms with Crippen molar-refractivity contribution < 1.29 is 28.7 Å². The van der Waals surface area contributed by atoms with Gasteiger partial charge >= 0.3 is 0 Å². The van der Waals surface area contributed by atoms with Crippen molar-refractivity contribution in [3.8, 4) is 11.8 Å². The van der Waals surface area contributed by atoms with E-state index in [0.29, 0.717) is 21.9 Å². The molecule has 1 atom stereocenters. The lowest BCUT2D eigenvalue weighted by Gasteiger charge is -2.63. The van der Waals surface area contributed by atoms with Gasteiger partial charge in [-0.2, -0.15) is 5.26 Å². The molecule has 4 aliphatic rings. The van der Waals surface area contributed by atoms with Gasteiger partial charge in [0.25, 0.3) is 17.7 Å². The van der Waals surface area contributed by atoms with E-state index >= 15 is 0 Å². The van der Waals surface area contributed by atoms with E-state index in [0.717, 1.165) is 74.8 Å². The summed E-state index contributed by atoms with van der Waals surface area (Å²) in [6.45, 7) is 13.8. The number of imide groups is 2. The lowest BCUT2D eigenvalue weighted by molar-refractivity contribution is -0.164. The van der Waals surface area contributed by atoms with Crippen LogP contribution >= 0.6 is 11.6 Å². The Hall–Kier alpha value is -5.45. The number of hydrogen-bond donors (Lipinski definition) is 3. The van der Waals surface area contributed by atoms with E-state index in [-0.39, 0.29) is 52.9 Å². The Bertz CT molecular complexity index is 2140. The van der Waals surface area contributed by atoms with Crippen LogP contribution in [0.1, 0.15) is 96.4 Å². The van der Waals surface area contributed by atoms with E-state index in [1.807, 2.05) is 24.3 Å². The molecule has 3 heterocycles. The zero-order valence-electron chi connectivity index (χ0n) is 33.4. The number of halogens is 1. The number of amides is 5. The van der Waals surface area contributed by atoms with Gasteiger partial charge in [-0.3, -0.25) is 39.1 Å². The van der Waals surface area contributed by atoms with Gasteiger partial charge in [0.05, 0.1) is 21.7 Å². The minimum Gasteiger partial charge on any atom is -0.489 e. The van der Waals surface area contributed by atoms with Gasteiger partial charge in [-0.1, -0.05) is 45.7 Å². The molecular weight excluding hydrogens is 758 g/mol. The maximum atomic E-state index is 13.4. The lowest BCUT2D eigenvalue weighted by atomic mass is 9.49. The topological polar surface area (TPSA) is 164 Å². The summed E-state index contributed by atoms with van der Waals surface area (Å²) in [5.41, 5.74) is 2.70. The maximum absolute atomic E-state index is 13.4. The molecule has 0 bridgehead atoms. The number of hydrogen-bond acceptors (Lipinski definition) is 10. The van der Waals surface area contributed by atoms with Crippen LogP contribution in [0.2, 0.25) is 5.02 Å². The smallest absolute Gasteiger partial charge is 0.262 e. The van der Waals surface area contributed by atoms with Gasteiger partial charge in [0.15, 0.2) is 0 Å². The Labute approximate surface area is 344 Å². The summed E-state index contributed by atoms with van der Waals surface area (Å²) < 4.78 is 6.37. The van der Waals surface area contributed by atoms with E-state index in [2.05, 4.69) is 59.5 Å². The molecule has 5 amide bonds. The number of rotatable bonds is 13. The van der Waals surface area contributed by atoms with Crippen molar-refractivity contribution in [2.24, 2.45) is 10.8 Å². The highest BCUT2D eigenvalue weighted by Crippen LogP contribution is 2.55. The number of benzene rings is 3. The number of nitrogens with one attached hydrogen (secondary N) is 3. The molecule has 3 fully saturated rings. The zero-order chi connectivity index (χ0) is 41.4. The van der Waals surface area contributed by atoms with Crippen LogP contribution in [0.15, 0.2) is 60.7 Å². The third-order valence-electron chi connectivity index (χ3n) is 12.2. The third kappa shape index (κ3) is 8.00. The summed E-state index contributed by atoms with van der Waals surface area (Å²) >= 11 is 6.24. The van der Waals surface area contributed by atoms with Gasteiger partial charge in [-0.05, 0) is 80.4 Å². The zero-order valence-corrected chi connectivity index (χ0v) is 34.2.